The molecule has 1 saturated carbocycles. The molecule has 2 aliphatic rings. The fourth-order valence-corrected chi connectivity index (χ4v) is 5.18. The van der Waals surface area contributed by atoms with Gasteiger partial charge in [-0.3, -0.25) is 14.5 Å². The van der Waals surface area contributed by atoms with Crippen LogP contribution in [0.5, 0.6) is 0 Å². The third-order valence-corrected chi connectivity index (χ3v) is 7.10. The van der Waals surface area contributed by atoms with E-state index in [1.807, 2.05) is 18.9 Å². The summed E-state index contributed by atoms with van der Waals surface area (Å²) < 4.78 is 19.1. The topological polar surface area (TPSA) is 77.7 Å². The largest absolute Gasteiger partial charge is 0.375 e. The number of fused-ring (bicyclic) bond motifs is 1. The number of methoxy groups -OCH3 is 1. The minimum absolute atomic E-state index is 0.0122. The molecule has 2 N–H and O–H groups in total. The van der Waals surface area contributed by atoms with Crippen LogP contribution in [0.25, 0.3) is 10.9 Å². The molecule has 0 spiro atoms. The molecule has 2 fully saturated rings. The predicted molar refractivity (Wildman–Crippen MR) is 121 cm³/mol. The molecule has 1 unspecified atom stereocenters. The van der Waals surface area contributed by atoms with Crippen molar-refractivity contribution < 1.29 is 18.7 Å². The monoisotopic (exact) mass is 444 g/mol. The Labute approximate surface area is 188 Å². The zero-order chi connectivity index (χ0) is 22.8. The van der Waals surface area contributed by atoms with Gasteiger partial charge in [0.25, 0.3) is 5.91 Å². The summed E-state index contributed by atoms with van der Waals surface area (Å²) in [5.74, 6) is -0.496. The number of carbonyl (C=O) groups is 2. The zero-order valence-electron chi connectivity index (χ0n) is 19.1. The van der Waals surface area contributed by atoms with E-state index < -0.39 is 0 Å². The Kier molecular flexibility index (Phi) is 6.81. The molecule has 1 aromatic carbocycles. The molecule has 1 aromatic heterocycles. The van der Waals surface area contributed by atoms with Crippen LogP contribution in [0, 0.1) is 12.7 Å². The summed E-state index contributed by atoms with van der Waals surface area (Å²) in [5, 5.41) is 3.61. The highest BCUT2D eigenvalue weighted by atomic mass is 19.1. The Morgan fingerprint density at radius 2 is 2.12 bits per heavy atom. The lowest BCUT2D eigenvalue weighted by atomic mass is 9.90. The van der Waals surface area contributed by atoms with Gasteiger partial charge in [0, 0.05) is 50.8 Å². The first-order chi connectivity index (χ1) is 15.4. The third kappa shape index (κ3) is 4.66. The summed E-state index contributed by atoms with van der Waals surface area (Å²) in [6.45, 7) is 3.83. The Hall–Kier alpha value is -2.45. The molecule has 3 atom stereocenters. The number of aromatic nitrogens is 1. The second-order valence-corrected chi connectivity index (χ2v) is 9.20. The smallest absolute Gasteiger partial charge is 0.267 e. The van der Waals surface area contributed by atoms with Crippen molar-refractivity contribution in [3.05, 3.63) is 35.3 Å². The molecule has 8 heteroatoms. The number of likely N-dealkylation sites (N-methyl/N-ethyl adjacent to an activating group) is 1. The summed E-state index contributed by atoms with van der Waals surface area (Å²) in [4.78, 5) is 32.4. The number of amides is 2. The Bertz CT molecular complexity index is 952. The van der Waals surface area contributed by atoms with Gasteiger partial charge in [0.1, 0.15) is 18.1 Å². The van der Waals surface area contributed by atoms with Crippen LogP contribution in [-0.2, 0) is 9.53 Å². The van der Waals surface area contributed by atoms with E-state index in [4.69, 9.17) is 4.74 Å². The van der Waals surface area contributed by atoms with Crippen molar-refractivity contribution in [2.75, 3.05) is 33.9 Å². The number of nitrogens with zero attached hydrogens (tertiary/aromatic N) is 2. The molecule has 2 heterocycles. The van der Waals surface area contributed by atoms with E-state index in [1.54, 1.807) is 12.1 Å². The van der Waals surface area contributed by atoms with Crippen molar-refractivity contribution in [2.45, 2.75) is 57.2 Å². The Morgan fingerprint density at radius 3 is 2.88 bits per heavy atom. The second-order valence-electron chi connectivity index (χ2n) is 9.20. The van der Waals surface area contributed by atoms with Crippen molar-refractivity contribution >= 4 is 22.7 Å². The minimum Gasteiger partial charge on any atom is -0.375 e. The van der Waals surface area contributed by atoms with Crippen LogP contribution in [-0.4, -0.2) is 78.6 Å². The van der Waals surface area contributed by atoms with Gasteiger partial charge < -0.3 is 19.9 Å². The number of ether oxygens (including phenoxy) is 1. The quantitative estimate of drug-likeness (QED) is 0.718. The summed E-state index contributed by atoms with van der Waals surface area (Å²) >= 11 is 0. The van der Waals surface area contributed by atoms with E-state index >= 15 is 0 Å². The molecule has 0 bridgehead atoms. The first-order valence-electron chi connectivity index (χ1n) is 11.4. The standard InChI is InChI=1S/C24H33FN4O3/c1-15-7-8-20(25)19-12-21(27-23(15)19)24(31)26-16-5-4-6-17(11-16)29-10-9-18(13-29)28(2)22(30)14-32-3/h7-8,12,16-18,27H,4-6,9-11,13-14H2,1-3H3,(H,26,31)/t16-,17+,18?/m1/s1. The number of rotatable bonds is 6. The lowest BCUT2D eigenvalue weighted by molar-refractivity contribution is -0.135. The van der Waals surface area contributed by atoms with Gasteiger partial charge in [-0.05, 0) is 56.7 Å². The van der Waals surface area contributed by atoms with Gasteiger partial charge in [-0.2, -0.15) is 0 Å². The second kappa shape index (κ2) is 9.58. The van der Waals surface area contributed by atoms with Crippen LogP contribution >= 0.6 is 0 Å². The lowest BCUT2D eigenvalue weighted by Crippen LogP contribution is -2.47. The SMILES string of the molecule is COCC(=O)N(C)C1CCN([C@H]2CCC[C@@H](NC(=O)c3cc4c(F)ccc(C)c4[nH]3)C2)C1. The number of hydrogen-bond donors (Lipinski definition) is 2. The molecule has 7 nitrogen and oxygen atoms in total. The van der Waals surface area contributed by atoms with Gasteiger partial charge >= 0.3 is 0 Å². The van der Waals surface area contributed by atoms with Gasteiger partial charge in [-0.25, -0.2) is 4.39 Å². The molecule has 2 amide bonds. The molecule has 1 saturated heterocycles. The number of aryl methyl sites for hydroxylation is 1. The molecular weight excluding hydrogens is 411 g/mol. The molecule has 1 aliphatic carbocycles. The van der Waals surface area contributed by atoms with E-state index in [-0.39, 0.29) is 36.3 Å². The zero-order valence-corrected chi connectivity index (χ0v) is 19.1. The van der Waals surface area contributed by atoms with Gasteiger partial charge in [-0.1, -0.05) is 6.07 Å². The molecule has 4 rings (SSSR count). The van der Waals surface area contributed by atoms with Crippen molar-refractivity contribution in [1.29, 1.82) is 0 Å². The number of benzene rings is 1. The van der Waals surface area contributed by atoms with E-state index in [1.165, 1.54) is 13.2 Å². The summed E-state index contributed by atoms with van der Waals surface area (Å²) in [7, 11) is 3.39. The van der Waals surface area contributed by atoms with Gasteiger partial charge in [0.05, 0.1) is 5.52 Å². The van der Waals surface area contributed by atoms with E-state index in [0.717, 1.165) is 50.8 Å². The summed E-state index contributed by atoms with van der Waals surface area (Å²) in [6.07, 6.45) is 4.95. The van der Waals surface area contributed by atoms with Gasteiger partial charge in [-0.15, -0.1) is 0 Å². The average Bonchev–Trinajstić information content (AvgIpc) is 3.45. The average molecular weight is 445 g/mol. The Morgan fingerprint density at radius 1 is 1.31 bits per heavy atom. The maximum atomic E-state index is 14.1. The lowest BCUT2D eigenvalue weighted by Gasteiger charge is -2.36. The van der Waals surface area contributed by atoms with Crippen LogP contribution in [0.2, 0.25) is 0 Å². The molecular formula is C24H33FN4O3. The third-order valence-electron chi connectivity index (χ3n) is 7.10. The van der Waals surface area contributed by atoms with Gasteiger partial charge in [0.2, 0.25) is 5.91 Å². The van der Waals surface area contributed by atoms with E-state index in [9.17, 15) is 14.0 Å². The molecule has 1 aliphatic heterocycles. The number of carbonyl (C=O) groups excluding carboxylic acids is 2. The number of nitrogens with one attached hydrogen (secondary N) is 2. The van der Waals surface area contributed by atoms with Crippen LogP contribution in [0.15, 0.2) is 18.2 Å². The maximum Gasteiger partial charge on any atom is 0.267 e. The maximum absolute atomic E-state index is 14.1. The van der Waals surface area contributed by atoms with Gasteiger partial charge in [0.15, 0.2) is 0 Å². The fraction of sp³-hybridized carbons (Fsp3) is 0.583. The predicted octanol–water partition coefficient (Wildman–Crippen LogP) is 2.84. The van der Waals surface area contributed by atoms with E-state index in [2.05, 4.69) is 15.2 Å². The van der Waals surface area contributed by atoms with Crippen LogP contribution in [0.4, 0.5) is 4.39 Å². The van der Waals surface area contributed by atoms with Crippen molar-refractivity contribution in [3.63, 3.8) is 0 Å². The van der Waals surface area contributed by atoms with E-state index in [0.29, 0.717) is 22.6 Å². The molecule has 32 heavy (non-hydrogen) atoms. The fourth-order valence-electron chi connectivity index (χ4n) is 5.18. The number of halogens is 1. The Balaban J connectivity index is 1.35. The highest BCUT2D eigenvalue weighted by Crippen LogP contribution is 2.28. The highest BCUT2D eigenvalue weighted by Gasteiger charge is 2.35. The van der Waals surface area contributed by atoms with Crippen LogP contribution in [0.3, 0.4) is 0 Å². The number of aromatic amines is 1. The normalized spacial score (nSPS) is 24.1. The first-order valence-corrected chi connectivity index (χ1v) is 11.4. The minimum atomic E-state index is -0.323. The molecule has 0 radical (unpaired) electrons. The molecule has 174 valence electrons. The number of H-pyrrole nitrogens is 1. The number of hydrogen-bond acceptors (Lipinski definition) is 4. The van der Waals surface area contributed by atoms with Crippen molar-refractivity contribution in [1.82, 2.24) is 20.1 Å². The highest BCUT2D eigenvalue weighted by molar-refractivity contribution is 5.99. The summed E-state index contributed by atoms with van der Waals surface area (Å²) in [6, 6.07) is 5.44. The molecule has 2 aromatic rings. The first kappa shape index (κ1) is 22.7. The number of likely N-dealkylation sites (tertiary alicyclic amines) is 1. The van der Waals surface area contributed by atoms with Crippen LogP contribution in [0.1, 0.15) is 48.2 Å². The van der Waals surface area contributed by atoms with Crippen molar-refractivity contribution in [2.24, 2.45) is 0 Å². The van der Waals surface area contributed by atoms with Crippen LogP contribution < -0.4 is 5.32 Å². The summed E-state index contributed by atoms with van der Waals surface area (Å²) in [5.41, 5.74) is 1.98. The van der Waals surface area contributed by atoms with Crippen molar-refractivity contribution in [3.8, 4) is 0 Å².